The van der Waals surface area contributed by atoms with Gasteiger partial charge in [-0.1, -0.05) is 31.0 Å². The molecule has 4 heteroatoms. The molecule has 24 heavy (non-hydrogen) atoms. The van der Waals surface area contributed by atoms with Gasteiger partial charge in [0.15, 0.2) is 0 Å². The van der Waals surface area contributed by atoms with Gasteiger partial charge in [-0.25, -0.2) is 0 Å². The number of aliphatic hydroxyl groups is 1. The van der Waals surface area contributed by atoms with Gasteiger partial charge in [0.25, 0.3) is 0 Å². The normalized spacial score (nSPS) is 18.0. The van der Waals surface area contributed by atoms with Gasteiger partial charge >= 0.3 is 0 Å². The van der Waals surface area contributed by atoms with Crippen molar-refractivity contribution in [3.05, 3.63) is 36.0 Å². The smallest absolute Gasteiger partial charge is 0.224 e. The summed E-state index contributed by atoms with van der Waals surface area (Å²) in [5, 5.41) is 14.7. The summed E-state index contributed by atoms with van der Waals surface area (Å²) in [4.78, 5) is 12.4. The van der Waals surface area contributed by atoms with Crippen molar-refractivity contribution >= 4 is 16.8 Å². The molecule has 0 unspecified atom stereocenters. The van der Waals surface area contributed by atoms with Crippen LogP contribution in [0.3, 0.4) is 0 Å². The fraction of sp³-hybridized carbons (Fsp3) is 0.550. The Balaban J connectivity index is 1.65. The summed E-state index contributed by atoms with van der Waals surface area (Å²) in [7, 11) is 0. The summed E-state index contributed by atoms with van der Waals surface area (Å²) >= 11 is 0. The van der Waals surface area contributed by atoms with Crippen molar-refractivity contribution < 1.29 is 9.90 Å². The molecule has 1 heterocycles. The number of benzene rings is 1. The van der Waals surface area contributed by atoms with Crippen molar-refractivity contribution in [2.75, 3.05) is 6.54 Å². The van der Waals surface area contributed by atoms with Gasteiger partial charge < -0.3 is 15.0 Å². The van der Waals surface area contributed by atoms with Crippen LogP contribution in [0.1, 0.15) is 45.1 Å². The Kier molecular flexibility index (Phi) is 4.95. The Morgan fingerprint density at radius 2 is 2.04 bits per heavy atom. The van der Waals surface area contributed by atoms with Gasteiger partial charge in [0, 0.05) is 30.2 Å². The van der Waals surface area contributed by atoms with E-state index in [1.165, 1.54) is 18.4 Å². The Labute approximate surface area is 143 Å². The first-order chi connectivity index (χ1) is 11.5. The number of nitrogens with one attached hydrogen (secondary N) is 1. The highest BCUT2D eigenvalue weighted by atomic mass is 16.3. The summed E-state index contributed by atoms with van der Waals surface area (Å²) in [6, 6.07) is 8.19. The zero-order valence-corrected chi connectivity index (χ0v) is 14.7. The number of rotatable bonds is 6. The van der Waals surface area contributed by atoms with Crippen LogP contribution in [-0.4, -0.2) is 27.7 Å². The largest absolute Gasteiger partial charge is 0.388 e. The van der Waals surface area contributed by atoms with E-state index in [0.717, 1.165) is 30.3 Å². The number of hydrogen-bond donors (Lipinski definition) is 2. The summed E-state index contributed by atoms with van der Waals surface area (Å²) in [6.45, 7) is 5.18. The number of hydrogen-bond acceptors (Lipinski definition) is 2. The van der Waals surface area contributed by atoms with Crippen molar-refractivity contribution in [1.82, 2.24) is 9.88 Å². The second kappa shape index (κ2) is 6.98. The molecule has 4 nitrogen and oxygen atoms in total. The van der Waals surface area contributed by atoms with E-state index in [9.17, 15) is 9.90 Å². The lowest BCUT2D eigenvalue weighted by molar-refractivity contribution is -0.122. The minimum atomic E-state index is -0.802. The first-order valence-electron chi connectivity index (χ1n) is 9.07. The first-order valence-corrected chi connectivity index (χ1v) is 9.07. The number of carbonyl (C=O) groups excluding carboxylic acids is 1. The number of amides is 1. The fourth-order valence-electron chi connectivity index (χ4n) is 3.93. The summed E-state index contributed by atoms with van der Waals surface area (Å²) in [6.07, 6.45) is 6.92. The van der Waals surface area contributed by atoms with Crippen molar-refractivity contribution in [3.63, 3.8) is 0 Å². The number of para-hydroxylation sites is 1. The summed E-state index contributed by atoms with van der Waals surface area (Å²) < 4.78 is 2.17. The van der Waals surface area contributed by atoms with E-state index in [4.69, 9.17) is 0 Å². The van der Waals surface area contributed by atoms with Crippen molar-refractivity contribution in [2.24, 2.45) is 5.92 Å². The van der Waals surface area contributed by atoms with Crippen molar-refractivity contribution in [2.45, 2.75) is 58.1 Å². The summed E-state index contributed by atoms with van der Waals surface area (Å²) in [5.74, 6) is 0.284. The van der Waals surface area contributed by atoms with Crippen molar-refractivity contribution in [1.29, 1.82) is 0 Å². The van der Waals surface area contributed by atoms with Crippen LogP contribution in [-0.2, 0) is 17.8 Å². The molecule has 0 bridgehead atoms. The topological polar surface area (TPSA) is 54.3 Å². The number of fused-ring (bicyclic) bond motifs is 1. The van der Waals surface area contributed by atoms with Gasteiger partial charge in [0.2, 0.25) is 5.91 Å². The first kappa shape index (κ1) is 17.0. The maximum absolute atomic E-state index is 12.4. The van der Waals surface area contributed by atoms with E-state index < -0.39 is 5.60 Å². The number of carbonyl (C=O) groups is 1. The van der Waals surface area contributed by atoms with E-state index in [1.54, 1.807) is 0 Å². The van der Waals surface area contributed by atoms with Crippen LogP contribution in [0.25, 0.3) is 10.9 Å². The molecule has 3 rings (SSSR count). The lowest BCUT2D eigenvalue weighted by Crippen LogP contribution is -2.45. The monoisotopic (exact) mass is 328 g/mol. The highest BCUT2D eigenvalue weighted by molar-refractivity contribution is 5.89. The molecule has 1 saturated carbocycles. The Morgan fingerprint density at radius 3 is 2.75 bits per heavy atom. The van der Waals surface area contributed by atoms with Crippen LogP contribution >= 0.6 is 0 Å². The zero-order chi connectivity index (χ0) is 17.2. The molecule has 0 saturated heterocycles. The van der Waals surface area contributed by atoms with E-state index in [-0.39, 0.29) is 5.91 Å². The summed E-state index contributed by atoms with van der Waals surface area (Å²) in [5.41, 5.74) is 1.41. The predicted molar refractivity (Wildman–Crippen MR) is 96.9 cm³/mol. The second-order valence-corrected chi connectivity index (χ2v) is 7.25. The molecule has 130 valence electrons. The molecule has 0 radical (unpaired) electrons. The lowest BCUT2D eigenvalue weighted by atomic mass is 9.87. The molecular weight excluding hydrogens is 300 g/mol. The molecule has 1 fully saturated rings. The molecule has 1 aliphatic carbocycles. The van der Waals surface area contributed by atoms with Gasteiger partial charge in [-0.05, 0) is 44.2 Å². The lowest BCUT2D eigenvalue weighted by Gasteiger charge is -2.30. The van der Waals surface area contributed by atoms with E-state index in [0.29, 0.717) is 18.9 Å². The molecule has 1 aromatic heterocycles. The third-order valence-electron chi connectivity index (χ3n) is 5.44. The van der Waals surface area contributed by atoms with E-state index >= 15 is 0 Å². The van der Waals surface area contributed by atoms with Crippen LogP contribution < -0.4 is 5.32 Å². The molecule has 2 aromatic rings. The van der Waals surface area contributed by atoms with Crippen LogP contribution in [0.5, 0.6) is 0 Å². The maximum atomic E-state index is 12.4. The van der Waals surface area contributed by atoms with E-state index in [1.807, 2.05) is 19.1 Å². The maximum Gasteiger partial charge on any atom is 0.224 e. The second-order valence-electron chi connectivity index (χ2n) is 7.25. The Bertz CT molecular complexity index is 711. The van der Waals surface area contributed by atoms with Crippen molar-refractivity contribution in [3.8, 4) is 0 Å². The Morgan fingerprint density at radius 1 is 1.33 bits per heavy atom. The molecule has 0 aliphatic heterocycles. The van der Waals surface area contributed by atoms with Crippen LogP contribution in [0.2, 0.25) is 0 Å². The highest BCUT2D eigenvalue weighted by Gasteiger charge is 2.34. The number of aryl methyl sites for hydroxylation is 1. The minimum absolute atomic E-state index is 0.0210. The Hall–Kier alpha value is -1.81. The van der Waals surface area contributed by atoms with Crippen LogP contribution in [0.4, 0.5) is 0 Å². The quantitative estimate of drug-likeness (QED) is 0.855. The standard InChI is InChI=1S/C20H28N2O2/c1-3-22-13-15(17-10-6-7-11-18(17)22)12-19(23)21-14-20(2,24)16-8-4-5-9-16/h6-7,10-11,13,16,24H,3-5,8-9,12,14H2,1-2H3,(H,21,23)/t20-/m0/s1. The van der Waals surface area contributed by atoms with Gasteiger partial charge in [0.05, 0.1) is 12.0 Å². The molecular formula is C20H28N2O2. The third kappa shape index (κ3) is 3.48. The average molecular weight is 328 g/mol. The van der Waals surface area contributed by atoms with Gasteiger partial charge in [-0.2, -0.15) is 0 Å². The van der Waals surface area contributed by atoms with Crippen LogP contribution in [0.15, 0.2) is 30.5 Å². The van der Waals surface area contributed by atoms with E-state index in [2.05, 4.69) is 35.1 Å². The van der Waals surface area contributed by atoms with Gasteiger partial charge in [0.1, 0.15) is 0 Å². The third-order valence-corrected chi connectivity index (χ3v) is 5.44. The molecule has 1 amide bonds. The number of aromatic nitrogens is 1. The molecule has 2 N–H and O–H groups in total. The van der Waals surface area contributed by atoms with Gasteiger partial charge in [-0.3, -0.25) is 4.79 Å². The molecule has 1 aliphatic rings. The van der Waals surface area contributed by atoms with Gasteiger partial charge in [-0.15, -0.1) is 0 Å². The zero-order valence-electron chi connectivity index (χ0n) is 14.7. The molecule has 1 atom stereocenters. The average Bonchev–Trinajstić information content (AvgIpc) is 3.22. The SMILES string of the molecule is CCn1cc(CC(=O)NC[C@](C)(O)C2CCCC2)c2ccccc21. The minimum Gasteiger partial charge on any atom is -0.388 e. The highest BCUT2D eigenvalue weighted by Crippen LogP contribution is 2.33. The predicted octanol–water partition coefficient (Wildman–Crippen LogP) is 3.26. The molecule has 0 spiro atoms. The van der Waals surface area contributed by atoms with Crippen LogP contribution in [0, 0.1) is 5.92 Å². The fourth-order valence-corrected chi connectivity index (χ4v) is 3.93. The number of nitrogens with zero attached hydrogens (tertiary/aromatic N) is 1. The molecule has 1 aromatic carbocycles.